The molecule has 0 saturated heterocycles. The fourth-order valence-corrected chi connectivity index (χ4v) is 3.39. The van der Waals surface area contributed by atoms with Crippen LogP contribution in [0.4, 0.5) is 16.0 Å². The van der Waals surface area contributed by atoms with Gasteiger partial charge < -0.3 is 16.2 Å². The summed E-state index contributed by atoms with van der Waals surface area (Å²) >= 11 is 0. The second kappa shape index (κ2) is 7.77. The van der Waals surface area contributed by atoms with Crippen LogP contribution in [0.25, 0.3) is 16.7 Å². The van der Waals surface area contributed by atoms with E-state index < -0.39 is 18.5 Å². The summed E-state index contributed by atoms with van der Waals surface area (Å²) < 4.78 is 16.2. The molecular weight excluding hydrogens is 385 g/mol. The Bertz CT molecular complexity index is 1260. The summed E-state index contributed by atoms with van der Waals surface area (Å²) in [5, 5.41) is 22.3. The number of rotatable bonds is 5. The van der Waals surface area contributed by atoms with Gasteiger partial charge in [-0.3, -0.25) is 4.57 Å². The van der Waals surface area contributed by atoms with Crippen molar-refractivity contribution >= 4 is 22.7 Å². The van der Waals surface area contributed by atoms with Crippen molar-refractivity contribution in [2.75, 3.05) is 11.1 Å². The molecule has 0 bridgehead atoms. The molecule has 1 atom stereocenters. The monoisotopic (exact) mass is 403 g/mol. The van der Waals surface area contributed by atoms with Crippen molar-refractivity contribution in [3.63, 3.8) is 0 Å². The van der Waals surface area contributed by atoms with Crippen molar-refractivity contribution in [2.24, 2.45) is 0 Å². The van der Waals surface area contributed by atoms with Crippen molar-refractivity contribution in [1.29, 1.82) is 5.26 Å². The Balaban J connectivity index is 1.91. The number of nitriles is 1. The molecule has 0 saturated carbocycles. The Kier molecular flexibility index (Phi) is 5.00. The van der Waals surface area contributed by atoms with Crippen LogP contribution in [0.3, 0.4) is 0 Å². The number of para-hydroxylation sites is 1. The lowest BCUT2D eigenvalue weighted by Crippen LogP contribution is -2.15. The highest BCUT2D eigenvalue weighted by Gasteiger charge is 2.23. The second-order valence-corrected chi connectivity index (χ2v) is 6.65. The molecular formula is C21H18FN7O. The number of hydrogen-bond acceptors (Lipinski definition) is 7. The van der Waals surface area contributed by atoms with E-state index >= 15 is 0 Å². The molecule has 0 spiro atoms. The number of fused-ring (bicyclic) bond motifs is 1. The molecule has 2 aromatic carbocycles. The van der Waals surface area contributed by atoms with E-state index in [1.807, 2.05) is 43.3 Å². The predicted molar refractivity (Wildman–Crippen MR) is 110 cm³/mol. The van der Waals surface area contributed by atoms with E-state index in [2.05, 4.69) is 20.3 Å². The second-order valence-electron chi connectivity index (χ2n) is 6.65. The molecule has 4 N–H and O–H groups in total. The zero-order valence-electron chi connectivity index (χ0n) is 16.0. The molecule has 0 fully saturated rings. The minimum atomic E-state index is -0.510. The first-order valence-electron chi connectivity index (χ1n) is 9.18. The maximum Gasteiger partial charge on any atom is 0.150 e. The molecule has 0 aliphatic carbocycles. The molecule has 9 heteroatoms. The number of aromatic nitrogens is 4. The van der Waals surface area contributed by atoms with Crippen LogP contribution in [0.15, 0.2) is 48.8 Å². The number of nitrogens with two attached hydrogens (primary N) is 1. The highest BCUT2D eigenvalue weighted by Crippen LogP contribution is 2.31. The standard InChI is InChI=1S/C21H18FN7O/c1-12(27-20-14(9-23)19(24)25-11-26-20)21-28-17-8-7-16(22)15(10-30)18(17)29(21)13-5-3-2-4-6-13/h2-8,11-12,30H,10H2,1H3,(H3,24,25,26,27)/t12-/m0/s1. The number of nitrogens with zero attached hydrogens (tertiary/aromatic N) is 5. The molecule has 0 aliphatic heterocycles. The third-order valence-electron chi connectivity index (χ3n) is 4.79. The average molecular weight is 403 g/mol. The van der Waals surface area contributed by atoms with Gasteiger partial charge in [0.15, 0.2) is 0 Å². The van der Waals surface area contributed by atoms with E-state index in [4.69, 9.17) is 5.73 Å². The Morgan fingerprint density at radius 1 is 1.23 bits per heavy atom. The van der Waals surface area contributed by atoms with Crippen LogP contribution in [0, 0.1) is 17.1 Å². The molecule has 8 nitrogen and oxygen atoms in total. The third kappa shape index (κ3) is 3.19. The number of nitrogens with one attached hydrogen (secondary N) is 1. The fraction of sp³-hybridized carbons (Fsp3) is 0.143. The van der Waals surface area contributed by atoms with Gasteiger partial charge in [0.2, 0.25) is 0 Å². The zero-order chi connectivity index (χ0) is 21.3. The van der Waals surface area contributed by atoms with E-state index in [1.165, 1.54) is 12.4 Å². The van der Waals surface area contributed by atoms with Crippen LogP contribution >= 0.6 is 0 Å². The van der Waals surface area contributed by atoms with Gasteiger partial charge in [0.05, 0.1) is 23.7 Å². The molecule has 2 aromatic heterocycles. The first-order chi connectivity index (χ1) is 14.5. The Labute approximate surface area is 171 Å². The van der Waals surface area contributed by atoms with Crippen LogP contribution in [0.1, 0.15) is 29.9 Å². The highest BCUT2D eigenvalue weighted by molar-refractivity contribution is 5.82. The van der Waals surface area contributed by atoms with E-state index in [0.29, 0.717) is 16.9 Å². The van der Waals surface area contributed by atoms with Gasteiger partial charge in [-0.05, 0) is 31.2 Å². The molecule has 150 valence electrons. The lowest BCUT2D eigenvalue weighted by atomic mass is 10.1. The van der Waals surface area contributed by atoms with E-state index in [0.717, 1.165) is 5.69 Å². The van der Waals surface area contributed by atoms with Gasteiger partial charge in [-0.25, -0.2) is 19.3 Å². The van der Waals surface area contributed by atoms with Crippen molar-refractivity contribution < 1.29 is 9.50 Å². The maximum atomic E-state index is 14.4. The normalized spacial score (nSPS) is 11.9. The van der Waals surface area contributed by atoms with E-state index in [9.17, 15) is 14.8 Å². The average Bonchev–Trinajstić information content (AvgIpc) is 3.14. The lowest BCUT2D eigenvalue weighted by molar-refractivity contribution is 0.277. The molecule has 30 heavy (non-hydrogen) atoms. The largest absolute Gasteiger partial charge is 0.391 e. The van der Waals surface area contributed by atoms with Gasteiger partial charge in [-0.1, -0.05) is 18.2 Å². The Morgan fingerprint density at radius 3 is 2.70 bits per heavy atom. The predicted octanol–water partition coefficient (Wildman–Crippen LogP) is 3.07. The Morgan fingerprint density at radius 2 is 2.00 bits per heavy atom. The third-order valence-corrected chi connectivity index (χ3v) is 4.79. The maximum absolute atomic E-state index is 14.4. The molecule has 0 aliphatic rings. The minimum Gasteiger partial charge on any atom is -0.391 e. The zero-order valence-corrected chi connectivity index (χ0v) is 16.0. The highest BCUT2D eigenvalue weighted by atomic mass is 19.1. The number of nitrogen functional groups attached to an aromatic ring is 1. The topological polar surface area (TPSA) is 126 Å². The summed E-state index contributed by atoms with van der Waals surface area (Å²) in [5.74, 6) is 0.392. The summed E-state index contributed by atoms with van der Waals surface area (Å²) in [6.45, 7) is 1.37. The summed E-state index contributed by atoms with van der Waals surface area (Å²) in [6.07, 6.45) is 1.27. The summed E-state index contributed by atoms with van der Waals surface area (Å²) in [4.78, 5) is 12.6. The first kappa shape index (κ1) is 19.3. The van der Waals surface area contributed by atoms with E-state index in [1.54, 1.807) is 10.6 Å². The molecule has 2 heterocycles. The molecule has 0 radical (unpaired) electrons. The van der Waals surface area contributed by atoms with E-state index in [-0.39, 0.29) is 22.8 Å². The SMILES string of the molecule is C[C@H](Nc1ncnc(N)c1C#N)c1nc2ccc(F)c(CO)c2n1-c1ccccc1. The van der Waals surface area contributed by atoms with Gasteiger partial charge in [-0.15, -0.1) is 0 Å². The number of anilines is 2. The molecule has 4 aromatic rings. The van der Waals surface area contributed by atoms with Crippen LogP contribution in [-0.2, 0) is 6.61 Å². The smallest absolute Gasteiger partial charge is 0.150 e. The minimum absolute atomic E-state index is 0.0726. The van der Waals surface area contributed by atoms with Crippen molar-refractivity contribution in [1.82, 2.24) is 19.5 Å². The molecule has 0 unspecified atom stereocenters. The van der Waals surface area contributed by atoms with Gasteiger partial charge in [-0.2, -0.15) is 5.26 Å². The molecule has 0 amide bonds. The summed E-state index contributed by atoms with van der Waals surface area (Å²) in [7, 11) is 0. The van der Waals surface area contributed by atoms with Crippen LogP contribution in [0.5, 0.6) is 0 Å². The number of halogens is 1. The van der Waals surface area contributed by atoms with Crippen molar-refractivity contribution in [3.8, 4) is 11.8 Å². The van der Waals surface area contributed by atoms with Gasteiger partial charge in [0.1, 0.15) is 41.2 Å². The first-order valence-corrected chi connectivity index (χ1v) is 9.18. The van der Waals surface area contributed by atoms with Crippen molar-refractivity contribution in [2.45, 2.75) is 19.6 Å². The lowest BCUT2D eigenvalue weighted by Gasteiger charge is -2.18. The van der Waals surface area contributed by atoms with Crippen molar-refractivity contribution in [3.05, 3.63) is 71.6 Å². The Hall–Kier alpha value is -4.03. The van der Waals surface area contributed by atoms with Crippen LogP contribution in [-0.4, -0.2) is 24.6 Å². The van der Waals surface area contributed by atoms with Gasteiger partial charge >= 0.3 is 0 Å². The summed E-state index contributed by atoms with van der Waals surface area (Å²) in [6, 6.07) is 13.8. The van der Waals surface area contributed by atoms with Crippen LogP contribution in [0.2, 0.25) is 0 Å². The van der Waals surface area contributed by atoms with Crippen LogP contribution < -0.4 is 11.1 Å². The molecule has 4 rings (SSSR count). The number of aliphatic hydroxyl groups is 1. The fourth-order valence-electron chi connectivity index (χ4n) is 3.39. The number of imidazole rings is 1. The van der Waals surface area contributed by atoms with Gasteiger partial charge in [0.25, 0.3) is 0 Å². The number of aliphatic hydroxyl groups excluding tert-OH is 1. The van der Waals surface area contributed by atoms with Gasteiger partial charge in [0, 0.05) is 11.3 Å². The quantitative estimate of drug-likeness (QED) is 0.467. The number of hydrogen-bond donors (Lipinski definition) is 3. The summed E-state index contributed by atoms with van der Waals surface area (Å²) in [5.41, 5.74) is 7.85. The number of benzene rings is 2.